The van der Waals surface area contributed by atoms with E-state index in [1.165, 1.54) is 0 Å². The maximum atomic E-state index is 13.5. The molecular weight excluding hydrogens is 640 g/mol. The molecule has 2 aliphatic heterocycles. The summed E-state index contributed by atoms with van der Waals surface area (Å²) in [4.78, 5) is 28.3. The summed E-state index contributed by atoms with van der Waals surface area (Å²) in [6.45, 7) is 9.94. The van der Waals surface area contributed by atoms with Crippen molar-refractivity contribution >= 4 is 46.4 Å². The van der Waals surface area contributed by atoms with E-state index >= 15 is 0 Å². The van der Waals surface area contributed by atoms with E-state index in [9.17, 15) is 19.8 Å². The smallest absolute Gasteiger partial charge is 0.308 e. The number of hydrogen-bond acceptors (Lipinski definition) is 7. The molecule has 2 aliphatic rings. The van der Waals surface area contributed by atoms with Gasteiger partial charge < -0.3 is 24.1 Å². The lowest BCUT2D eigenvalue weighted by Crippen LogP contribution is -2.68. The van der Waals surface area contributed by atoms with E-state index < -0.39 is 32.0 Å². The van der Waals surface area contributed by atoms with Gasteiger partial charge in [0, 0.05) is 24.7 Å². The van der Waals surface area contributed by atoms with E-state index in [4.69, 9.17) is 13.9 Å². The summed E-state index contributed by atoms with van der Waals surface area (Å²) in [5.74, 6) is -0.495. The first kappa shape index (κ1) is 34.7. The molecule has 4 rings (SSSR count). The third-order valence-corrected chi connectivity index (χ3v) is 14.9. The third kappa shape index (κ3) is 7.80. The summed E-state index contributed by atoms with van der Waals surface area (Å²) >= 11 is 3.37. The fraction of sp³-hybridized carbons (Fsp3) is 0.543. The van der Waals surface area contributed by atoms with E-state index in [1.54, 1.807) is 13.8 Å². The number of esters is 1. The van der Waals surface area contributed by atoms with E-state index in [2.05, 4.69) is 61.0 Å². The first-order valence-electron chi connectivity index (χ1n) is 15.5. The number of carbonyl (C=O) groups excluding carboxylic acids is 2. The fourth-order valence-corrected chi connectivity index (χ4v) is 11.6. The Labute approximate surface area is 271 Å². The van der Waals surface area contributed by atoms with Crippen LogP contribution in [0.25, 0.3) is 0 Å². The molecule has 2 heterocycles. The van der Waals surface area contributed by atoms with E-state index in [-0.39, 0.29) is 54.9 Å². The molecule has 9 heteroatoms. The number of ketones is 1. The molecule has 0 saturated carbocycles. The molecule has 5 atom stereocenters. The van der Waals surface area contributed by atoms with Crippen LogP contribution >= 0.6 is 15.9 Å². The van der Waals surface area contributed by atoms with E-state index in [1.807, 2.05) is 41.4 Å². The molecule has 7 nitrogen and oxygen atoms in total. The van der Waals surface area contributed by atoms with E-state index in [0.717, 1.165) is 15.9 Å². The van der Waals surface area contributed by atoms with Crippen LogP contribution < -0.4 is 10.4 Å². The molecule has 44 heavy (non-hydrogen) atoms. The second-order valence-electron chi connectivity index (χ2n) is 13.8. The Morgan fingerprint density at radius 2 is 1.55 bits per heavy atom. The lowest BCUT2D eigenvalue weighted by Gasteiger charge is -2.46. The largest absolute Gasteiger partial charge is 0.462 e. The van der Waals surface area contributed by atoms with Crippen LogP contribution in [0.3, 0.4) is 0 Å². The van der Waals surface area contributed by atoms with Gasteiger partial charge in [-0.15, -0.1) is 0 Å². The fourth-order valence-electron chi connectivity index (χ4n) is 6.57. The van der Waals surface area contributed by atoms with Crippen molar-refractivity contribution in [3.05, 3.63) is 71.2 Å². The number of benzene rings is 2. The highest BCUT2D eigenvalue weighted by Gasteiger charge is 2.52. The van der Waals surface area contributed by atoms with Crippen LogP contribution in [0.15, 0.2) is 71.2 Å². The topological polar surface area (TPSA) is 102 Å². The molecule has 0 aromatic heterocycles. The number of hydrogen-bond donors (Lipinski definition) is 2. The van der Waals surface area contributed by atoms with Crippen LogP contribution in [0.4, 0.5) is 0 Å². The van der Waals surface area contributed by atoms with Crippen molar-refractivity contribution in [2.75, 3.05) is 6.61 Å². The summed E-state index contributed by atoms with van der Waals surface area (Å²) in [5, 5.41) is 23.0. The van der Waals surface area contributed by atoms with Crippen molar-refractivity contribution in [2.45, 2.75) is 109 Å². The number of cyclic esters (lactones) is 1. The number of carbonyl (C=O) groups is 2. The Kier molecular flexibility index (Phi) is 11.5. The Hall–Kier alpha value is -2.14. The van der Waals surface area contributed by atoms with Crippen LogP contribution in [-0.2, 0) is 23.5 Å². The average molecular weight is 688 g/mol. The molecule has 2 saturated heterocycles. The number of aliphatic hydroxyl groups excluding tert-OH is 2. The number of rotatable bonds is 11. The minimum Gasteiger partial charge on any atom is -0.462 e. The van der Waals surface area contributed by atoms with Crippen LogP contribution in [0, 0.1) is 5.41 Å². The second-order valence-corrected chi connectivity index (χ2v) is 18.5. The standard InChI is InChI=1S/C35H47BrO7Si/c1-34(2,3)44(29-12-8-6-9-13-29,30-14-10-7-11-15-30)43-27-18-26(42-33(40)21-27)20-32(39)35(4,5)31(38)19-25-16-24(22-36)17-28(23-37)41-25/h6-15,22,25-28,32,37,39H,16-21,23H2,1-5H3/b24-22-/t25-,26+,27+,28+,32-/m0/s1. The Morgan fingerprint density at radius 1 is 0.977 bits per heavy atom. The van der Waals surface area contributed by atoms with Crippen molar-refractivity contribution in [1.29, 1.82) is 0 Å². The molecule has 0 aliphatic carbocycles. The van der Waals surface area contributed by atoms with Gasteiger partial charge in [-0.3, -0.25) is 9.59 Å². The van der Waals surface area contributed by atoms with Crippen LogP contribution in [0.5, 0.6) is 0 Å². The van der Waals surface area contributed by atoms with Crippen molar-refractivity contribution in [3.8, 4) is 0 Å². The quantitative estimate of drug-likeness (QED) is 0.248. The van der Waals surface area contributed by atoms with Gasteiger partial charge in [0.25, 0.3) is 8.32 Å². The van der Waals surface area contributed by atoms with Gasteiger partial charge in [0.1, 0.15) is 11.9 Å². The number of ether oxygens (including phenoxy) is 2. The van der Waals surface area contributed by atoms with Gasteiger partial charge in [-0.05, 0) is 33.2 Å². The number of Topliss-reactive ketones (excluding diaryl/α,β-unsaturated/α-hetero) is 1. The predicted octanol–water partition coefficient (Wildman–Crippen LogP) is 5.19. The van der Waals surface area contributed by atoms with Gasteiger partial charge in [0.05, 0.1) is 37.4 Å². The van der Waals surface area contributed by atoms with Crippen LogP contribution in [-0.4, -0.2) is 67.4 Å². The highest BCUT2D eigenvalue weighted by Crippen LogP contribution is 2.40. The Balaban J connectivity index is 1.51. The monoisotopic (exact) mass is 686 g/mol. The van der Waals surface area contributed by atoms with E-state index in [0.29, 0.717) is 19.3 Å². The molecule has 0 radical (unpaired) electrons. The Morgan fingerprint density at radius 3 is 2.07 bits per heavy atom. The van der Waals surface area contributed by atoms with Crippen molar-refractivity contribution in [2.24, 2.45) is 5.41 Å². The molecule has 0 spiro atoms. The first-order valence-corrected chi connectivity index (χ1v) is 18.4. The molecule has 0 bridgehead atoms. The minimum atomic E-state index is -2.90. The normalized spacial score (nSPS) is 25.0. The molecular formula is C35H47BrO7Si. The highest BCUT2D eigenvalue weighted by atomic mass is 79.9. The molecule has 2 fully saturated rings. The first-order chi connectivity index (χ1) is 20.8. The summed E-state index contributed by atoms with van der Waals surface area (Å²) in [5.41, 5.74) is -0.0149. The van der Waals surface area contributed by atoms with Crippen LogP contribution in [0.1, 0.15) is 73.1 Å². The molecule has 240 valence electrons. The maximum absolute atomic E-state index is 13.5. The zero-order valence-corrected chi connectivity index (χ0v) is 29.1. The zero-order valence-electron chi connectivity index (χ0n) is 26.5. The number of halogens is 1. The SMILES string of the molecule is CC(C)(C(=O)C[C@@H]1C/C(=C/Br)C[C@H](CO)O1)[C@@H](O)C[C@H]1C[C@@H](O[Si](c2ccccc2)(c2ccccc2)C(C)(C)C)CC(=O)O1. The highest BCUT2D eigenvalue weighted by molar-refractivity contribution is 9.11. The lowest BCUT2D eigenvalue weighted by atomic mass is 9.76. The molecule has 2 aromatic carbocycles. The van der Waals surface area contributed by atoms with Gasteiger partial charge in [-0.2, -0.15) is 0 Å². The maximum Gasteiger partial charge on any atom is 0.308 e. The van der Waals surface area contributed by atoms with Gasteiger partial charge in [-0.25, -0.2) is 0 Å². The summed E-state index contributed by atoms with van der Waals surface area (Å²) < 4.78 is 18.9. The van der Waals surface area contributed by atoms with Gasteiger partial charge in [0.15, 0.2) is 0 Å². The molecule has 0 amide bonds. The Bertz CT molecular complexity index is 1250. The van der Waals surface area contributed by atoms with Gasteiger partial charge >= 0.3 is 5.97 Å². The van der Waals surface area contributed by atoms with Gasteiger partial charge in [-0.1, -0.05) is 117 Å². The summed E-state index contributed by atoms with van der Waals surface area (Å²) in [7, 11) is -2.90. The van der Waals surface area contributed by atoms with Crippen LogP contribution in [0.2, 0.25) is 5.04 Å². The average Bonchev–Trinajstić information content (AvgIpc) is 2.99. The molecule has 2 N–H and O–H groups in total. The summed E-state index contributed by atoms with van der Waals surface area (Å²) in [6.07, 6.45) is -0.750. The lowest BCUT2D eigenvalue weighted by molar-refractivity contribution is -0.163. The number of aliphatic hydroxyl groups is 2. The molecule has 2 aromatic rings. The predicted molar refractivity (Wildman–Crippen MR) is 178 cm³/mol. The van der Waals surface area contributed by atoms with Crippen molar-refractivity contribution < 1.29 is 33.7 Å². The third-order valence-electron chi connectivity index (χ3n) is 9.15. The minimum absolute atomic E-state index is 0.120. The summed E-state index contributed by atoms with van der Waals surface area (Å²) in [6, 6.07) is 20.6. The van der Waals surface area contributed by atoms with Crippen molar-refractivity contribution in [1.82, 2.24) is 0 Å². The van der Waals surface area contributed by atoms with Gasteiger partial charge in [0.2, 0.25) is 0 Å². The van der Waals surface area contributed by atoms with Crippen molar-refractivity contribution in [3.63, 3.8) is 0 Å². The molecule has 0 unspecified atom stereocenters. The second kappa shape index (κ2) is 14.5. The zero-order chi connectivity index (χ0) is 32.1.